The van der Waals surface area contributed by atoms with Gasteiger partial charge in [0, 0.05) is 18.5 Å². The molecule has 0 saturated heterocycles. The smallest absolute Gasteiger partial charge is 0.186 e. The molecule has 0 atom stereocenters. The van der Waals surface area contributed by atoms with E-state index in [1.54, 1.807) is 10.7 Å². The summed E-state index contributed by atoms with van der Waals surface area (Å²) in [5.41, 5.74) is 5.05. The van der Waals surface area contributed by atoms with Gasteiger partial charge in [0.05, 0.1) is 11.2 Å². The first kappa shape index (κ1) is 10.7. The topological polar surface area (TPSA) is 84.1 Å². The average molecular weight is 245 g/mol. The molecule has 3 rings (SSSR count). The maximum absolute atomic E-state index is 13.9. The quantitative estimate of drug-likeness (QED) is 0.693. The first-order chi connectivity index (χ1) is 8.79. The highest BCUT2D eigenvalue weighted by Gasteiger charge is 2.11. The lowest BCUT2D eigenvalue weighted by Crippen LogP contribution is -2.48. The van der Waals surface area contributed by atoms with Crippen molar-refractivity contribution in [1.82, 2.24) is 24.7 Å². The van der Waals surface area contributed by atoms with E-state index in [1.165, 1.54) is 24.8 Å². The van der Waals surface area contributed by atoms with Gasteiger partial charge in [0.2, 0.25) is 0 Å². The zero-order valence-corrected chi connectivity index (χ0v) is 9.41. The van der Waals surface area contributed by atoms with E-state index in [9.17, 15) is 4.39 Å². The van der Waals surface area contributed by atoms with Crippen LogP contribution < -0.4 is 5.73 Å². The van der Waals surface area contributed by atoms with E-state index in [0.717, 1.165) is 0 Å². The molecule has 0 aliphatic heterocycles. The van der Waals surface area contributed by atoms with E-state index < -0.39 is 5.82 Å². The van der Waals surface area contributed by atoms with E-state index >= 15 is 0 Å². The van der Waals surface area contributed by atoms with Crippen LogP contribution in [0.3, 0.4) is 0 Å². The van der Waals surface area contributed by atoms with Gasteiger partial charge in [-0.25, -0.2) is 19.0 Å². The predicted molar refractivity (Wildman–Crippen MR) is 61.0 cm³/mol. The van der Waals surface area contributed by atoms with Crippen LogP contribution in [0.2, 0.25) is 0 Å². The summed E-state index contributed by atoms with van der Waals surface area (Å²) in [6.45, 7) is 0.472. The van der Waals surface area contributed by atoms with Gasteiger partial charge < -0.3 is 5.73 Å². The Morgan fingerprint density at radius 1 is 1.17 bits per heavy atom. The molecule has 3 N–H and O–H groups in total. The second-order valence-electron chi connectivity index (χ2n) is 3.69. The average Bonchev–Trinajstić information content (AvgIpc) is 2.87. The maximum Gasteiger partial charge on any atom is 0.186 e. The normalized spacial score (nSPS) is 11.0. The molecule has 7 heteroatoms. The summed E-state index contributed by atoms with van der Waals surface area (Å²) in [5, 5.41) is 4.06. The van der Waals surface area contributed by atoms with E-state index in [-0.39, 0.29) is 5.52 Å². The molecule has 2 heterocycles. The van der Waals surface area contributed by atoms with Crippen molar-refractivity contribution in [3.8, 4) is 5.69 Å². The highest BCUT2D eigenvalue weighted by molar-refractivity contribution is 5.77. The third-order valence-electron chi connectivity index (χ3n) is 2.60. The van der Waals surface area contributed by atoms with Crippen molar-refractivity contribution in [2.24, 2.45) is 0 Å². The fourth-order valence-electron chi connectivity index (χ4n) is 1.79. The SMILES string of the molecule is [NH3+]Cc1ncnn1-c1cc(F)c2nccnc2c1. The monoisotopic (exact) mass is 245 g/mol. The molecule has 2 aromatic heterocycles. The van der Waals surface area contributed by atoms with E-state index in [4.69, 9.17) is 0 Å². The van der Waals surface area contributed by atoms with Crippen LogP contribution in [0.5, 0.6) is 0 Å². The molecule has 0 aliphatic rings. The minimum absolute atomic E-state index is 0.248. The number of quaternary nitrogens is 1. The molecular weight excluding hydrogens is 235 g/mol. The lowest BCUT2D eigenvalue weighted by Gasteiger charge is -2.05. The van der Waals surface area contributed by atoms with Gasteiger partial charge in [-0.1, -0.05) is 0 Å². The van der Waals surface area contributed by atoms with Crippen molar-refractivity contribution in [3.05, 3.63) is 42.5 Å². The largest absolute Gasteiger partial charge is 0.351 e. The van der Waals surface area contributed by atoms with Crippen molar-refractivity contribution in [3.63, 3.8) is 0 Å². The summed E-state index contributed by atoms with van der Waals surface area (Å²) < 4.78 is 15.4. The first-order valence-electron chi connectivity index (χ1n) is 5.38. The Bertz CT molecular complexity index is 708. The molecule has 0 radical (unpaired) electrons. The Kier molecular flexibility index (Phi) is 2.45. The maximum atomic E-state index is 13.9. The van der Waals surface area contributed by atoms with Crippen molar-refractivity contribution in [2.45, 2.75) is 6.54 Å². The molecule has 18 heavy (non-hydrogen) atoms. The predicted octanol–water partition coefficient (Wildman–Crippen LogP) is 0.0915. The number of fused-ring (bicyclic) bond motifs is 1. The van der Waals surface area contributed by atoms with Gasteiger partial charge in [-0.05, 0) is 6.07 Å². The van der Waals surface area contributed by atoms with E-state index in [2.05, 4.69) is 25.8 Å². The van der Waals surface area contributed by atoms with Crippen LogP contribution in [-0.2, 0) is 6.54 Å². The second kappa shape index (κ2) is 4.11. The molecule has 0 fully saturated rings. The highest BCUT2D eigenvalue weighted by atomic mass is 19.1. The molecular formula is C11H10FN6+. The minimum atomic E-state index is -0.430. The van der Waals surface area contributed by atoms with E-state index in [1.807, 2.05) is 0 Å². The minimum Gasteiger partial charge on any atom is -0.351 e. The summed E-state index contributed by atoms with van der Waals surface area (Å²) >= 11 is 0. The fraction of sp³-hybridized carbons (Fsp3) is 0.0909. The number of nitrogens with zero attached hydrogens (tertiary/aromatic N) is 5. The number of aromatic nitrogens is 5. The van der Waals surface area contributed by atoms with Gasteiger partial charge in [0.25, 0.3) is 0 Å². The van der Waals surface area contributed by atoms with Crippen molar-refractivity contribution >= 4 is 11.0 Å². The van der Waals surface area contributed by atoms with Gasteiger partial charge in [0.15, 0.2) is 11.6 Å². The van der Waals surface area contributed by atoms with Gasteiger partial charge >= 0.3 is 0 Å². The third-order valence-corrected chi connectivity index (χ3v) is 2.60. The number of hydrogen-bond acceptors (Lipinski definition) is 4. The lowest BCUT2D eigenvalue weighted by molar-refractivity contribution is -0.388. The first-order valence-corrected chi connectivity index (χ1v) is 5.38. The fourth-order valence-corrected chi connectivity index (χ4v) is 1.79. The Morgan fingerprint density at radius 3 is 2.83 bits per heavy atom. The summed E-state index contributed by atoms with van der Waals surface area (Å²) in [6, 6.07) is 3.09. The van der Waals surface area contributed by atoms with Crippen LogP contribution in [0.25, 0.3) is 16.7 Å². The van der Waals surface area contributed by atoms with Crippen molar-refractivity contribution in [2.75, 3.05) is 0 Å². The van der Waals surface area contributed by atoms with E-state index in [0.29, 0.717) is 23.6 Å². The summed E-state index contributed by atoms with van der Waals surface area (Å²) in [5.74, 6) is 0.235. The van der Waals surface area contributed by atoms with Gasteiger partial charge in [-0.15, -0.1) is 0 Å². The van der Waals surface area contributed by atoms with Crippen LogP contribution in [0.1, 0.15) is 5.82 Å². The van der Waals surface area contributed by atoms with Crippen molar-refractivity contribution in [1.29, 1.82) is 0 Å². The lowest BCUT2D eigenvalue weighted by atomic mass is 10.2. The molecule has 6 nitrogen and oxygen atoms in total. The summed E-state index contributed by atoms with van der Waals surface area (Å²) in [4.78, 5) is 12.1. The Morgan fingerprint density at radius 2 is 2.00 bits per heavy atom. The number of rotatable bonds is 2. The Hall–Kier alpha value is -2.41. The third kappa shape index (κ3) is 1.61. The number of halogens is 1. The standard InChI is InChI=1S/C11H9FN6/c12-8-3-7(18-10(5-13)16-6-17-18)4-9-11(8)15-2-1-14-9/h1-4,6H,5,13H2/p+1. The van der Waals surface area contributed by atoms with Crippen molar-refractivity contribution < 1.29 is 10.1 Å². The highest BCUT2D eigenvalue weighted by Crippen LogP contribution is 2.18. The molecule has 0 amide bonds. The molecule has 90 valence electrons. The number of hydrogen-bond donors (Lipinski definition) is 1. The molecule has 0 bridgehead atoms. The van der Waals surface area contributed by atoms with Gasteiger partial charge in [0.1, 0.15) is 18.4 Å². The molecule has 1 aromatic carbocycles. The Labute approximate surface area is 101 Å². The van der Waals surface area contributed by atoms with Crippen LogP contribution >= 0.6 is 0 Å². The molecule has 0 spiro atoms. The van der Waals surface area contributed by atoms with Crippen LogP contribution in [0.4, 0.5) is 4.39 Å². The second-order valence-corrected chi connectivity index (χ2v) is 3.69. The zero-order valence-electron chi connectivity index (χ0n) is 9.41. The molecule has 0 unspecified atom stereocenters. The molecule has 0 aliphatic carbocycles. The molecule has 0 saturated carbocycles. The molecule has 3 aromatic rings. The van der Waals surface area contributed by atoms with Crippen LogP contribution in [-0.4, -0.2) is 24.7 Å². The van der Waals surface area contributed by atoms with Gasteiger partial charge in [-0.2, -0.15) is 5.10 Å². The zero-order chi connectivity index (χ0) is 12.5. The number of benzene rings is 1. The van der Waals surface area contributed by atoms with Gasteiger partial charge in [-0.3, -0.25) is 4.98 Å². The van der Waals surface area contributed by atoms with Crippen LogP contribution in [0, 0.1) is 5.82 Å². The summed E-state index contributed by atoms with van der Waals surface area (Å²) in [6.07, 6.45) is 4.40. The Balaban J connectivity index is 2.25. The van der Waals surface area contributed by atoms with Crippen LogP contribution in [0.15, 0.2) is 30.9 Å². The summed E-state index contributed by atoms with van der Waals surface area (Å²) in [7, 11) is 0.